The summed E-state index contributed by atoms with van der Waals surface area (Å²) in [6.07, 6.45) is 1.78. The first-order chi connectivity index (χ1) is 8.50. The summed E-state index contributed by atoms with van der Waals surface area (Å²) in [4.78, 5) is 0. The summed E-state index contributed by atoms with van der Waals surface area (Å²) in [6.45, 7) is 4.12. The van der Waals surface area contributed by atoms with E-state index in [1.165, 1.54) is 6.07 Å². The number of ether oxygens (including phenoxy) is 1. The van der Waals surface area contributed by atoms with E-state index in [1.807, 2.05) is 13.8 Å². The Labute approximate surface area is 107 Å². The fourth-order valence-corrected chi connectivity index (χ4v) is 1.60. The zero-order valence-electron chi connectivity index (χ0n) is 10.9. The molecule has 0 aromatic heterocycles. The Morgan fingerprint density at radius 1 is 1.50 bits per heavy atom. The SMILES string of the molecule is CCC(N)(C#N)CCCOc1cc(C)ccc1F. The summed E-state index contributed by atoms with van der Waals surface area (Å²) >= 11 is 0. The van der Waals surface area contributed by atoms with Crippen LogP contribution in [-0.2, 0) is 0 Å². The number of aryl methyl sites for hydroxylation is 1. The molecule has 2 N–H and O–H groups in total. The molecule has 0 fully saturated rings. The zero-order valence-corrected chi connectivity index (χ0v) is 10.9. The highest BCUT2D eigenvalue weighted by molar-refractivity contribution is 5.29. The van der Waals surface area contributed by atoms with Gasteiger partial charge in [-0.3, -0.25) is 0 Å². The summed E-state index contributed by atoms with van der Waals surface area (Å²) in [6, 6.07) is 6.84. The monoisotopic (exact) mass is 250 g/mol. The Kier molecular flexibility index (Phi) is 5.11. The molecule has 0 aliphatic heterocycles. The molecule has 98 valence electrons. The van der Waals surface area contributed by atoms with E-state index in [4.69, 9.17) is 15.7 Å². The van der Waals surface area contributed by atoms with E-state index in [1.54, 1.807) is 12.1 Å². The van der Waals surface area contributed by atoms with Crippen LogP contribution < -0.4 is 10.5 Å². The van der Waals surface area contributed by atoms with E-state index < -0.39 is 5.54 Å². The van der Waals surface area contributed by atoms with Gasteiger partial charge in [0.25, 0.3) is 0 Å². The van der Waals surface area contributed by atoms with E-state index in [0.29, 0.717) is 25.9 Å². The van der Waals surface area contributed by atoms with Crippen LogP contribution in [0.25, 0.3) is 0 Å². The van der Waals surface area contributed by atoms with Crippen molar-refractivity contribution in [3.63, 3.8) is 0 Å². The maximum absolute atomic E-state index is 13.4. The molecule has 1 unspecified atom stereocenters. The van der Waals surface area contributed by atoms with Crippen LogP contribution in [0, 0.1) is 24.1 Å². The first-order valence-corrected chi connectivity index (χ1v) is 6.10. The van der Waals surface area contributed by atoms with Crippen molar-refractivity contribution in [2.24, 2.45) is 5.73 Å². The molecule has 0 heterocycles. The topological polar surface area (TPSA) is 59.0 Å². The van der Waals surface area contributed by atoms with Crippen molar-refractivity contribution in [3.05, 3.63) is 29.6 Å². The maximum Gasteiger partial charge on any atom is 0.165 e. The molecule has 0 aliphatic rings. The second-order valence-corrected chi connectivity index (χ2v) is 4.51. The molecule has 0 bridgehead atoms. The summed E-state index contributed by atoms with van der Waals surface area (Å²) in [5.74, 6) is -0.110. The molecule has 1 aromatic rings. The van der Waals surface area contributed by atoms with Gasteiger partial charge in [-0.1, -0.05) is 13.0 Å². The van der Waals surface area contributed by atoms with Gasteiger partial charge in [0.05, 0.1) is 12.7 Å². The first kappa shape index (κ1) is 14.5. The van der Waals surface area contributed by atoms with Crippen LogP contribution in [0.2, 0.25) is 0 Å². The number of halogens is 1. The standard InChI is InChI=1S/C14H19FN2O/c1-3-14(17,10-16)7-4-8-18-13-9-11(2)5-6-12(13)15/h5-6,9H,3-4,7-8,17H2,1-2H3. The first-order valence-electron chi connectivity index (χ1n) is 6.10. The van der Waals surface area contributed by atoms with Gasteiger partial charge in [-0.25, -0.2) is 4.39 Å². The molecule has 0 aliphatic carbocycles. The fourth-order valence-electron chi connectivity index (χ4n) is 1.60. The Morgan fingerprint density at radius 3 is 2.83 bits per heavy atom. The molecule has 0 radical (unpaired) electrons. The predicted octanol–water partition coefficient (Wildman–Crippen LogP) is 2.92. The van der Waals surface area contributed by atoms with Crippen molar-refractivity contribution in [2.75, 3.05) is 6.61 Å². The molecule has 0 spiro atoms. The van der Waals surface area contributed by atoms with Crippen LogP contribution in [0.15, 0.2) is 18.2 Å². The van der Waals surface area contributed by atoms with E-state index >= 15 is 0 Å². The van der Waals surface area contributed by atoms with Crippen LogP contribution >= 0.6 is 0 Å². The lowest BCUT2D eigenvalue weighted by Gasteiger charge is -2.19. The second-order valence-electron chi connectivity index (χ2n) is 4.51. The lowest BCUT2D eigenvalue weighted by atomic mass is 9.94. The molecule has 1 rings (SSSR count). The van der Waals surface area contributed by atoms with Crippen LogP contribution in [0.1, 0.15) is 31.7 Å². The molecule has 18 heavy (non-hydrogen) atoms. The largest absolute Gasteiger partial charge is 0.491 e. The number of nitriles is 1. The lowest BCUT2D eigenvalue weighted by Crippen LogP contribution is -2.37. The van der Waals surface area contributed by atoms with Crippen LogP contribution in [-0.4, -0.2) is 12.1 Å². The Balaban J connectivity index is 2.43. The van der Waals surface area contributed by atoms with E-state index in [0.717, 1.165) is 5.56 Å². The van der Waals surface area contributed by atoms with E-state index in [-0.39, 0.29) is 11.6 Å². The maximum atomic E-state index is 13.4. The quantitative estimate of drug-likeness (QED) is 0.790. The summed E-state index contributed by atoms with van der Waals surface area (Å²) in [5.41, 5.74) is 5.99. The highest BCUT2D eigenvalue weighted by atomic mass is 19.1. The average molecular weight is 250 g/mol. The minimum atomic E-state index is -0.797. The number of hydrogen-bond donors (Lipinski definition) is 1. The van der Waals surface area contributed by atoms with Gasteiger partial charge in [0.15, 0.2) is 11.6 Å². The number of hydrogen-bond acceptors (Lipinski definition) is 3. The van der Waals surface area contributed by atoms with Gasteiger partial charge in [0, 0.05) is 0 Å². The Hall–Kier alpha value is -1.60. The third-order valence-electron chi connectivity index (χ3n) is 2.97. The smallest absolute Gasteiger partial charge is 0.165 e. The van der Waals surface area contributed by atoms with E-state index in [9.17, 15) is 4.39 Å². The average Bonchev–Trinajstić information content (AvgIpc) is 2.38. The minimum absolute atomic E-state index is 0.256. The molecular weight excluding hydrogens is 231 g/mol. The van der Waals surface area contributed by atoms with Crippen molar-refractivity contribution in [1.29, 1.82) is 5.26 Å². The van der Waals surface area contributed by atoms with Crippen molar-refractivity contribution in [2.45, 2.75) is 38.6 Å². The van der Waals surface area contributed by atoms with Crippen LogP contribution in [0.4, 0.5) is 4.39 Å². The number of rotatable bonds is 6. The van der Waals surface area contributed by atoms with Crippen molar-refractivity contribution >= 4 is 0 Å². The molecule has 0 saturated carbocycles. The third-order valence-corrected chi connectivity index (χ3v) is 2.97. The van der Waals surface area contributed by atoms with Gasteiger partial charge in [-0.2, -0.15) is 5.26 Å². The van der Waals surface area contributed by atoms with Crippen molar-refractivity contribution < 1.29 is 9.13 Å². The van der Waals surface area contributed by atoms with Gasteiger partial charge < -0.3 is 10.5 Å². The summed E-state index contributed by atoms with van der Waals surface area (Å²) in [5, 5.41) is 8.91. The van der Waals surface area contributed by atoms with Crippen molar-refractivity contribution in [3.8, 4) is 11.8 Å². The summed E-state index contributed by atoms with van der Waals surface area (Å²) in [7, 11) is 0. The molecule has 4 heteroatoms. The Morgan fingerprint density at radius 2 is 2.22 bits per heavy atom. The Bertz CT molecular complexity index is 442. The van der Waals surface area contributed by atoms with Gasteiger partial charge in [0.2, 0.25) is 0 Å². The second kappa shape index (κ2) is 6.36. The minimum Gasteiger partial charge on any atom is -0.491 e. The van der Waals surface area contributed by atoms with Gasteiger partial charge in [0.1, 0.15) is 5.54 Å². The zero-order chi connectivity index (χ0) is 13.6. The van der Waals surface area contributed by atoms with Gasteiger partial charge in [-0.05, 0) is 43.9 Å². The predicted molar refractivity (Wildman–Crippen MR) is 68.7 cm³/mol. The van der Waals surface area contributed by atoms with Gasteiger partial charge in [-0.15, -0.1) is 0 Å². The van der Waals surface area contributed by atoms with Crippen LogP contribution in [0.5, 0.6) is 5.75 Å². The number of benzene rings is 1. The van der Waals surface area contributed by atoms with Crippen LogP contribution in [0.3, 0.4) is 0 Å². The highest BCUT2D eigenvalue weighted by Crippen LogP contribution is 2.19. The highest BCUT2D eigenvalue weighted by Gasteiger charge is 2.21. The molecule has 3 nitrogen and oxygen atoms in total. The lowest BCUT2D eigenvalue weighted by molar-refractivity contribution is 0.279. The normalized spacial score (nSPS) is 13.7. The van der Waals surface area contributed by atoms with E-state index in [2.05, 4.69) is 6.07 Å². The van der Waals surface area contributed by atoms with Crippen molar-refractivity contribution in [1.82, 2.24) is 0 Å². The molecule has 0 saturated heterocycles. The number of nitrogens with zero attached hydrogens (tertiary/aromatic N) is 1. The molecule has 1 atom stereocenters. The summed E-state index contributed by atoms with van der Waals surface area (Å²) < 4.78 is 18.7. The third kappa shape index (κ3) is 4.01. The molecular formula is C14H19FN2O. The fraction of sp³-hybridized carbons (Fsp3) is 0.500. The molecule has 0 amide bonds. The van der Waals surface area contributed by atoms with Gasteiger partial charge >= 0.3 is 0 Å². The molecule has 1 aromatic carbocycles. The number of nitrogens with two attached hydrogens (primary N) is 1.